The summed E-state index contributed by atoms with van der Waals surface area (Å²) in [6.07, 6.45) is 5.71. The minimum Gasteiger partial charge on any atom is -0.481 e. The van der Waals surface area contributed by atoms with Gasteiger partial charge in [0, 0.05) is 12.6 Å². The van der Waals surface area contributed by atoms with E-state index in [0.717, 1.165) is 5.01 Å². The number of carboxylic acid groups (broad SMARTS) is 1. The molecule has 8 heteroatoms. The first-order valence-corrected chi connectivity index (χ1v) is 11.0. The van der Waals surface area contributed by atoms with Crippen molar-refractivity contribution in [2.75, 3.05) is 7.05 Å². The molecule has 5 atom stereocenters. The highest BCUT2D eigenvalue weighted by atomic mass is 19.4. The molecule has 1 fully saturated rings. The van der Waals surface area contributed by atoms with E-state index in [0.29, 0.717) is 24.8 Å². The van der Waals surface area contributed by atoms with Crippen LogP contribution >= 0.6 is 0 Å². The fourth-order valence-corrected chi connectivity index (χ4v) is 4.48. The topological polar surface area (TPSA) is 82.5 Å². The number of carboxylic acids is 1. The molecule has 5 unspecified atom stereocenters. The molecule has 0 saturated carbocycles. The zero-order valence-corrected chi connectivity index (χ0v) is 20.4. The highest BCUT2D eigenvalue weighted by Crippen LogP contribution is 2.46. The predicted molar refractivity (Wildman–Crippen MR) is 124 cm³/mol. The fourth-order valence-electron chi connectivity index (χ4n) is 4.48. The highest BCUT2D eigenvalue weighted by Gasteiger charge is 2.70. The fraction of sp³-hybridized carbons (Fsp3) is 0.640. The van der Waals surface area contributed by atoms with Crippen molar-refractivity contribution in [1.29, 1.82) is 0 Å². The molecule has 1 rings (SSSR count). The zero-order valence-electron chi connectivity index (χ0n) is 20.4. The van der Waals surface area contributed by atoms with Crippen LogP contribution in [-0.4, -0.2) is 46.2 Å². The van der Waals surface area contributed by atoms with Crippen LogP contribution in [0.2, 0.25) is 0 Å². The third kappa shape index (κ3) is 6.50. The van der Waals surface area contributed by atoms with Crippen LogP contribution in [0.1, 0.15) is 60.3 Å². The molecule has 3 N–H and O–H groups in total. The first-order chi connectivity index (χ1) is 15.0. The van der Waals surface area contributed by atoms with Gasteiger partial charge in [-0.3, -0.25) is 4.79 Å². The monoisotopic (exact) mass is 470 g/mol. The summed E-state index contributed by atoms with van der Waals surface area (Å²) in [5.74, 6) is 0.0395. The number of terminal acetylenes is 1. The molecule has 33 heavy (non-hydrogen) atoms. The number of rotatable bonds is 12. The zero-order chi connectivity index (χ0) is 25.8. The number of aliphatic carboxylic acids is 1. The number of nitrogens with zero attached hydrogens (tertiary/aromatic N) is 1. The molecule has 0 spiro atoms. The van der Waals surface area contributed by atoms with Crippen molar-refractivity contribution in [3.05, 3.63) is 36.0 Å². The van der Waals surface area contributed by atoms with Crippen LogP contribution in [0.4, 0.5) is 13.2 Å². The van der Waals surface area contributed by atoms with E-state index in [9.17, 15) is 28.2 Å². The smallest absolute Gasteiger partial charge is 0.427 e. The third-order valence-corrected chi connectivity index (χ3v) is 6.73. The van der Waals surface area contributed by atoms with Crippen LogP contribution in [-0.2, 0) is 4.79 Å². The molecule has 0 aliphatic carbocycles. The van der Waals surface area contributed by atoms with Crippen LogP contribution in [0.5, 0.6) is 0 Å². The SMILES string of the molecule is C#C/C(=C\C=C(/C)CCC(O)C(C(=O)O)C(C)(CC)CC(C)(C)C=C)C1(C(F)(F)F)NN1C. The van der Waals surface area contributed by atoms with Crippen molar-refractivity contribution in [1.82, 2.24) is 10.4 Å². The second-order valence-electron chi connectivity index (χ2n) is 9.92. The molecule has 186 valence electrons. The van der Waals surface area contributed by atoms with Crippen molar-refractivity contribution < 1.29 is 28.2 Å². The van der Waals surface area contributed by atoms with Gasteiger partial charge in [0.15, 0.2) is 0 Å². The Hall–Kier alpha value is -2.08. The summed E-state index contributed by atoms with van der Waals surface area (Å²) < 4.78 is 40.4. The first-order valence-electron chi connectivity index (χ1n) is 11.0. The maximum atomic E-state index is 13.5. The Kier molecular flexibility index (Phi) is 9.17. The van der Waals surface area contributed by atoms with Crippen molar-refractivity contribution in [2.45, 2.75) is 78.2 Å². The quantitative estimate of drug-likeness (QED) is 0.161. The van der Waals surface area contributed by atoms with Gasteiger partial charge in [-0.2, -0.15) is 13.2 Å². The Labute approximate surface area is 195 Å². The number of allylic oxidation sites excluding steroid dienone is 4. The third-order valence-electron chi connectivity index (χ3n) is 6.73. The van der Waals surface area contributed by atoms with E-state index in [4.69, 9.17) is 6.42 Å². The van der Waals surface area contributed by atoms with Gasteiger partial charge in [0.2, 0.25) is 5.66 Å². The average Bonchev–Trinajstić information content (AvgIpc) is 3.38. The Morgan fingerprint density at radius 3 is 2.21 bits per heavy atom. The Bertz CT molecular complexity index is 841. The number of hydrazine groups is 1. The van der Waals surface area contributed by atoms with E-state index < -0.39 is 35.2 Å². The van der Waals surface area contributed by atoms with Gasteiger partial charge >= 0.3 is 12.1 Å². The van der Waals surface area contributed by atoms with Crippen LogP contribution in [0.15, 0.2) is 36.0 Å². The lowest BCUT2D eigenvalue weighted by molar-refractivity contribution is -0.160. The molecule has 1 aliphatic heterocycles. The normalized spacial score (nSPS) is 25.5. The number of aliphatic hydroxyl groups is 1. The summed E-state index contributed by atoms with van der Waals surface area (Å²) in [4.78, 5) is 12.1. The van der Waals surface area contributed by atoms with E-state index in [2.05, 4.69) is 17.9 Å². The summed E-state index contributed by atoms with van der Waals surface area (Å²) in [5.41, 5.74) is -0.694. The lowest BCUT2D eigenvalue weighted by atomic mass is 9.63. The largest absolute Gasteiger partial charge is 0.481 e. The number of likely N-dealkylation sites (N-methyl/N-ethyl adjacent to an activating group) is 1. The molecule has 0 radical (unpaired) electrons. The average molecular weight is 471 g/mol. The van der Waals surface area contributed by atoms with E-state index in [-0.39, 0.29) is 17.4 Å². The van der Waals surface area contributed by atoms with Gasteiger partial charge in [-0.15, -0.1) is 13.0 Å². The summed E-state index contributed by atoms with van der Waals surface area (Å²) in [7, 11) is 1.26. The van der Waals surface area contributed by atoms with Gasteiger partial charge in [0.1, 0.15) is 0 Å². The van der Waals surface area contributed by atoms with Gasteiger partial charge in [-0.25, -0.2) is 10.4 Å². The molecule has 5 nitrogen and oxygen atoms in total. The van der Waals surface area contributed by atoms with E-state index in [1.54, 1.807) is 13.0 Å². The summed E-state index contributed by atoms with van der Waals surface area (Å²) in [6, 6.07) is 0. The number of carbonyl (C=O) groups is 1. The predicted octanol–water partition coefficient (Wildman–Crippen LogP) is 5.06. The molecule has 1 heterocycles. The van der Waals surface area contributed by atoms with Crippen LogP contribution in [0, 0.1) is 29.1 Å². The van der Waals surface area contributed by atoms with Gasteiger partial charge in [0.05, 0.1) is 12.0 Å². The van der Waals surface area contributed by atoms with E-state index in [1.807, 2.05) is 27.7 Å². The summed E-state index contributed by atoms with van der Waals surface area (Å²) in [6.45, 7) is 13.2. The molecule has 0 aromatic heterocycles. The van der Waals surface area contributed by atoms with Crippen LogP contribution in [0.3, 0.4) is 0 Å². The summed E-state index contributed by atoms with van der Waals surface area (Å²) >= 11 is 0. The van der Waals surface area contributed by atoms with Gasteiger partial charge in [-0.05, 0) is 49.5 Å². The molecular formula is C25H37F3N2O3. The standard InChI is InChI=1S/C25H37F3N2O3/c1-9-18(24(25(26,27)28)29-30(24)8)14-12-17(4)13-15-19(31)20(21(32)33)23(7,11-3)16-22(5,6)10-2/h1,10,12,14,19-20,29,31H,2,11,13,15-16H2,3-8H3,(H,32,33)/b17-12+,18-14+. The van der Waals surface area contributed by atoms with Gasteiger partial charge in [-0.1, -0.05) is 51.3 Å². The van der Waals surface area contributed by atoms with Crippen molar-refractivity contribution in [3.8, 4) is 12.3 Å². The lowest BCUT2D eigenvalue weighted by Gasteiger charge is -2.41. The number of alkyl halides is 3. The van der Waals surface area contributed by atoms with Crippen LogP contribution < -0.4 is 5.43 Å². The van der Waals surface area contributed by atoms with Crippen molar-refractivity contribution >= 4 is 5.97 Å². The molecular weight excluding hydrogens is 433 g/mol. The summed E-state index contributed by atoms with van der Waals surface area (Å²) in [5, 5.41) is 21.6. The van der Waals surface area contributed by atoms with Gasteiger partial charge in [0.25, 0.3) is 0 Å². The molecule has 0 amide bonds. The highest BCUT2D eigenvalue weighted by molar-refractivity contribution is 5.71. The Morgan fingerprint density at radius 1 is 1.30 bits per heavy atom. The molecule has 0 aromatic rings. The van der Waals surface area contributed by atoms with Gasteiger partial charge < -0.3 is 10.2 Å². The van der Waals surface area contributed by atoms with E-state index >= 15 is 0 Å². The van der Waals surface area contributed by atoms with Crippen molar-refractivity contribution in [2.24, 2.45) is 16.7 Å². The maximum Gasteiger partial charge on any atom is 0.427 e. The Morgan fingerprint density at radius 2 is 1.85 bits per heavy atom. The Balaban J connectivity index is 3.02. The maximum absolute atomic E-state index is 13.5. The number of hydrogen-bond acceptors (Lipinski definition) is 4. The second kappa shape index (κ2) is 10.5. The van der Waals surface area contributed by atoms with E-state index in [1.165, 1.54) is 19.2 Å². The number of halogens is 3. The molecule has 0 bridgehead atoms. The molecule has 1 saturated heterocycles. The lowest BCUT2D eigenvalue weighted by Crippen LogP contribution is -2.43. The minimum absolute atomic E-state index is 0.158. The van der Waals surface area contributed by atoms with Crippen molar-refractivity contribution in [3.63, 3.8) is 0 Å². The second-order valence-corrected chi connectivity index (χ2v) is 9.92. The number of nitrogens with one attached hydrogen (secondary N) is 1. The minimum atomic E-state index is -4.59. The first kappa shape index (κ1) is 29.0. The number of aliphatic hydroxyl groups excluding tert-OH is 1. The molecule has 1 aliphatic rings. The number of hydrogen-bond donors (Lipinski definition) is 3. The van der Waals surface area contributed by atoms with Crippen LogP contribution in [0.25, 0.3) is 0 Å². The molecule has 0 aromatic carbocycles.